The van der Waals surface area contributed by atoms with Gasteiger partial charge in [0, 0.05) is 10.6 Å². The van der Waals surface area contributed by atoms with Gasteiger partial charge in [0.1, 0.15) is 11.6 Å². The molecule has 0 saturated heterocycles. The largest absolute Gasteiger partial charge is 0.497 e. The van der Waals surface area contributed by atoms with Gasteiger partial charge in [0.05, 0.1) is 30.2 Å². The Kier molecular flexibility index (Phi) is 5.50. The maximum Gasteiger partial charge on any atom is 0.266 e. The second kappa shape index (κ2) is 8.39. The topological polar surface area (TPSA) is 73.2 Å². The molecule has 30 heavy (non-hydrogen) atoms. The molecule has 4 rings (SSSR count). The molecule has 1 N–H and O–H groups in total. The van der Waals surface area contributed by atoms with Crippen LogP contribution in [0.4, 0.5) is 0 Å². The monoisotopic (exact) mass is 419 g/mol. The van der Waals surface area contributed by atoms with Gasteiger partial charge in [-0.15, -0.1) is 0 Å². The number of nitrogens with zero attached hydrogens (tertiary/aromatic N) is 2. The number of aromatic nitrogens is 2. The van der Waals surface area contributed by atoms with Crippen LogP contribution in [0.5, 0.6) is 5.75 Å². The number of hydrogen-bond donors (Lipinski definition) is 1. The Labute approximate surface area is 177 Å². The lowest BCUT2D eigenvalue weighted by molar-refractivity contribution is 0.0949. The molecule has 0 aliphatic heterocycles. The lowest BCUT2D eigenvalue weighted by Crippen LogP contribution is -2.30. The summed E-state index contributed by atoms with van der Waals surface area (Å²) in [6.07, 6.45) is 0. The van der Waals surface area contributed by atoms with Gasteiger partial charge in [-0.05, 0) is 60.7 Å². The summed E-state index contributed by atoms with van der Waals surface area (Å²) in [6, 6.07) is 20.8. The number of fused-ring (bicyclic) bond motifs is 1. The molecule has 3 aromatic carbocycles. The highest BCUT2D eigenvalue weighted by Crippen LogP contribution is 2.17. The summed E-state index contributed by atoms with van der Waals surface area (Å²) in [5, 5.41) is 3.88. The van der Waals surface area contributed by atoms with Crippen LogP contribution in [-0.4, -0.2) is 22.6 Å². The molecule has 0 unspecified atom stereocenters. The van der Waals surface area contributed by atoms with Crippen molar-refractivity contribution < 1.29 is 9.53 Å². The summed E-state index contributed by atoms with van der Waals surface area (Å²) in [5.74, 6) is 0.819. The van der Waals surface area contributed by atoms with Crippen LogP contribution in [0.15, 0.2) is 77.6 Å². The Morgan fingerprint density at radius 3 is 2.43 bits per heavy atom. The fourth-order valence-corrected chi connectivity index (χ4v) is 3.28. The van der Waals surface area contributed by atoms with Crippen molar-refractivity contribution in [2.75, 3.05) is 7.11 Å². The average molecular weight is 420 g/mol. The van der Waals surface area contributed by atoms with E-state index in [-0.39, 0.29) is 18.0 Å². The molecule has 1 aromatic heterocycles. The second-order valence-corrected chi connectivity index (χ2v) is 7.01. The number of para-hydroxylation sites is 1. The van der Waals surface area contributed by atoms with Crippen molar-refractivity contribution in [3.63, 3.8) is 0 Å². The number of rotatable bonds is 5. The summed E-state index contributed by atoms with van der Waals surface area (Å²) < 4.78 is 6.71. The van der Waals surface area contributed by atoms with Crippen molar-refractivity contribution in [3.8, 4) is 11.4 Å². The Balaban J connectivity index is 1.74. The van der Waals surface area contributed by atoms with Gasteiger partial charge < -0.3 is 10.1 Å². The number of carbonyl (C=O) groups is 1. The second-order valence-electron chi connectivity index (χ2n) is 6.57. The predicted molar refractivity (Wildman–Crippen MR) is 117 cm³/mol. The summed E-state index contributed by atoms with van der Waals surface area (Å²) in [4.78, 5) is 30.4. The van der Waals surface area contributed by atoms with E-state index in [1.54, 1.807) is 73.8 Å². The fraction of sp³-hybridized carbons (Fsp3) is 0.0870. The molecule has 0 aliphatic rings. The number of hydrogen-bond acceptors (Lipinski definition) is 4. The first-order valence-corrected chi connectivity index (χ1v) is 9.63. The molecular formula is C23H18ClN3O3. The smallest absolute Gasteiger partial charge is 0.266 e. The zero-order chi connectivity index (χ0) is 21.1. The van der Waals surface area contributed by atoms with Crippen molar-refractivity contribution >= 4 is 28.4 Å². The van der Waals surface area contributed by atoms with Crippen molar-refractivity contribution in [2.24, 2.45) is 0 Å². The first-order chi connectivity index (χ1) is 14.6. The summed E-state index contributed by atoms with van der Waals surface area (Å²) in [7, 11) is 1.58. The molecule has 1 amide bonds. The Bertz CT molecular complexity index is 1270. The third-order valence-electron chi connectivity index (χ3n) is 4.69. The highest BCUT2D eigenvalue weighted by atomic mass is 35.5. The Hall–Kier alpha value is -3.64. The van der Waals surface area contributed by atoms with Crippen molar-refractivity contribution in [2.45, 2.75) is 6.54 Å². The number of carbonyl (C=O) groups excluding carboxylic acids is 1. The number of benzene rings is 3. The van der Waals surface area contributed by atoms with Crippen LogP contribution in [0.3, 0.4) is 0 Å². The SMILES string of the molecule is COc1ccc(-n2c(CNC(=O)c3ccc(Cl)cc3)nc3ccccc3c2=O)cc1. The number of methoxy groups -OCH3 is 1. The van der Waals surface area contributed by atoms with Gasteiger partial charge in [0.15, 0.2) is 0 Å². The maximum atomic E-state index is 13.2. The van der Waals surface area contributed by atoms with Crippen LogP contribution in [0, 0.1) is 0 Å². The van der Waals surface area contributed by atoms with Gasteiger partial charge >= 0.3 is 0 Å². The Morgan fingerprint density at radius 1 is 1.03 bits per heavy atom. The van der Waals surface area contributed by atoms with E-state index in [0.717, 1.165) is 0 Å². The van der Waals surface area contributed by atoms with E-state index in [9.17, 15) is 9.59 Å². The number of amides is 1. The van der Waals surface area contributed by atoms with Crippen molar-refractivity contribution in [1.82, 2.24) is 14.9 Å². The highest BCUT2D eigenvalue weighted by molar-refractivity contribution is 6.30. The van der Waals surface area contributed by atoms with Crippen LogP contribution in [0.25, 0.3) is 16.6 Å². The van der Waals surface area contributed by atoms with Crippen molar-refractivity contribution in [1.29, 1.82) is 0 Å². The molecular weight excluding hydrogens is 402 g/mol. The summed E-state index contributed by atoms with van der Waals surface area (Å²) >= 11 is 5.88. The zero-order valence-corrected chi connectivity index (χ0v) is 16.9. The molecule has 0 spiro atoms. The summed E-state index contributed by atoms with van der Waals surface area (Å²) in [6.45, 7) is 0.0769. The fourth-order valence-electron chi connectivity index (χ4n) is 3.16. The van der Waals surface area contributed by atoms with Crippen LogP contribution in [0.2, 0.25) is 5.02 Å². The molecule has 0 fully saturated rings. The molecule has 0 saturated carbocycles. The normalized spacial score (nSPS) is 10.7. The van der Waals surface area contributed by atoms with Crippen LogP contribution < -0.4 is 15.6 Å². The van der Waals surface area contributed by atoms with Crippen LogP contribution >= 0.6 is 11.6 Å². The van der Waals surface area contributed by atoms with Gasteiger partial charge in [0.2, 0.25) is 0 Å². The van der Waals surface area contributed by atoms with Gasteiger partial charge in [-0.25, -0.2) is 4.98 Å². The van der Waals surface area contributed by atoms with E-state index < -0.39 is 0 Å². The molecule has 1 heterocycles. The van der Waals surface area contributed by atoms with Crippen LogP contribution in [-0.2, 0) is 6.54 Å². The highest BCUT2D eigenvalue weighted by Gasteiger charge is 2.14. The van der Waals surface area contributed by atoms with Gasteiger partial charge in [0.25, 0.3) is 11.5 Å². The minimum absolute atomic E-state index is 0.0769. The van der Waals surface area contributed by atoms with E-state index in [2.05, 4.69) is 10.3 Å². The van der Waals surface area contributed by atoms with Gasteiger partial charge in [-0.1, -0.05) is 23.7 Å². The average Bonchev–Trinajstić information content (AvgIpc) is 2.78. The number of ether oxygens (including phenoxy) is 1. The van der Waals surface area contributed by atoms with Crippen molar-refractivity contribution in [3.05, 3.63) is 99.6 Å². The molecule has 7 heteroatoms. The van der Waals surface area contributed by atoms with Crippen LogP contribution in [0.1, 0.15) is 16.2 Å². The lowest BCUT2D eigenvalue weighted by Gasteiger charge is -2.15. The number of halogens is 1. The molecule has 6 nitrogen and oxygen atoms in total. The molecule has 0 bridgehead atoms. The minimum Gasteiger partial charge on any atom is -0.497 e. The summed E-state index contributed by atoms with van der Waals surface area (Å²) in [5.41, 5.74) is 1.47. The van der Waals surface area contributed by atoms with E-state index in [4.69, 9.17) is 16.3 Å². The zero-order valence-electron chi connectivity index (χ0n) is 16.1. The molecule has 0 aliphatic carbocycles. The van der Waals surface area contributed by atoms with Gasteiger partial charge in [-0.2, -0.15) is 0 Å². The molecule has 150 valence electrons. The minimum atomic E-state index is -0.282. The number of nitrogens with one attached hydrogen (secondary N) is 1. The maximum absolute atomic E-state index is 13.2. The third kappa shape index (κ3) is 3.90. The standard InChI is InChI=1S/C23H18ClN3O3/c1-30-18-12-10-17(11-13-18)27-21(26-20-5-3-2-4-19(20)23(27)29)14-25-22(28)15-6-8-16(24)9-7-15/h2-13H,14H2,1H3,(H,25,28). The molecule has 0 atom stereocenters. The van der Waals surface area contributed by atoms with E-state index in [1.165, 1.54) is 4.57 Å². The first-order valence-electron chi connectivity index (χ1n) is 9.25. The van der Waals surface area contributed by atoms with E-state index in [0.29, 0.717) is 38.8 Å². The molecule has 0 radical (unpaired) electrons. The quantitative estimate of drug-likeness (QED) is 0.531. The van der Waals surface area contributed by atoms with E-state index >= 15 is 0 Å². The first kappa shape index (κ1) is 19.7. The Morgan fingerprint density at radius 2 is 1.73 bits per heavy atom. The molecule has 4 aromatic rings. The van der Waals surface area contributed by atoms with E-state index in [1.807, 2.05) is 6.07 Å². The lowest BCUT2D eigenvalue weighted by atomic mass is 10.2. The van der Waals surface area contributed by atoms with Gasteiger partial charge in [-0.3, -0.25) is 14.2 Å². The predicted octanol–water partition coefficient (Wildman–Crippen LogP) is 3.98. The third-order valence-corrected chi connectivity index (χ3v) is 4.94.